The first-order chi connectivity index (χ1) is 8.24. The highest BCUT2D eigenvalue weighted by molar-refractivity contribution is 5.66. The Morgan fingerprint density at radius 3 is 2.47 bits per heavy atom. The Morgan fingerprint density at radius 1 is 0.824 bits per heavy atom. The van der Waals surface area contributed by atoms with Crippen LogP contribution in [0.15, 0.2) is 54.7 Å². The fourth-order valence-corrected chi connectivity index (χ4v) is 2.24. The van der Waals surface area contributed by atoms with E-state index in [1.807, 2.05) is 0 Å². The Bertz CT molecular complexity index is 677. The minimum absolute atomic E-state index is 1.25. The second kappa shape index (κ2) is 3.77. The van der Waals surface area contributed by atoms with Gasteiger partial charge in [-0.3, -0.25) is 0 Å². The zero-order valence-corrected chi connectivity index (χ0v) is 10.1. The summed E-state index contributed by atoms with van der Waals surface area (Å²) in [4.78, 5) is 0. The van der Waals surface area contributed by atoms with Crippen LogP contribution in [0.25, 0.3) is 16.6 Å². The summed E-state index contributed by atoms with van der Waals surface area (Å²) in [6, 6.07) is 17.3. The van der Waals surface area contributed by atoms with E-state index < -0.39 is 0 Å². The van der Waals surface area contributed by atoms with E-state index >= 15 is 0 Å². The predicted molar refractivity (Wildman–Crippen MR) is 72.3 cm³/mol. The maximum absolute atomic E-state index is 2.23. The van der Waals surface area contributed by atoms with E-state index in [1.165, 1.54) is 27.9 Å². The lowest BCUT2D eigenvalue weighted by molar-refractivity contribution is 1.11. The Morgan fingerprint density at radius 2 is 1.65 bits per heavy atom. The van der Waals surface area contributed by atoms with Crippen molar-refractivity contribution in [1.29, 1.82) is 0 Å². The minimum atomic E-state index is 1.25. The summed E-state index contributed by atoms with van der Waals surface area (Å²) in [5.41, 5.74) is 6.36. The largest absolute Gasteiger partial charge is 0.321 e. The molecule has 0 aliphatic rings. The summed E-state index contributed by atoms with van der Waals surface area (Å²) in [7, 11) is 0. The van der Waals surface area contributed by atoms with Crippen LogP contribution in [-0.4, -0.2) is 4.40 Å². The Labute approximate surface area is 101 Å². The summed E-state index contributed by atoms with van der Waals surface area (Å²) < 4.78 is 2.23. The number of aromatic nitrogens is 1. The topological polar surface area (TPSA) is 4.41 Å². The fraction of sp³-hybridized carbons (Fsp3) is 0.125. The van der Waals surface area contributed by atoms with E-state index in [0.29, 0.717) is 0 Å². The zero-order valence-electron chi connectivity index (χ0n) is 10.1. The molecule has 3 rings (SSSR count). The molecule has 0 aliphatic heterocycles. The first kappa shape index (κ1) is 10.2. The maximum Gasteiger partial charge on any atom is 0.0453 e. The number of pyridine rings is 1. The van der Waals surface area contributed by atoms with Gasteiger partial charge >= 0.3 is 0 Å². The van der Waals surface area contributed by atoms with Crippen LogP contribution in [0.4, 0.5) is 0 Å². The molecule has 0 N–H and O–H groups in total. The first-order valence-corrected chi connectivity index (χ1v) is 5.89. The summed E-state index contributed by atoms with van der Waals surface area (Å²) in [6.45, 7) is 4.26. The zero-order chi connectivity index (χ0) is 11.8. The van der Waals surface area contributed by atoms with Gasteiger partial charge in [0.05, 0.1) is 0 Å². The average molecular weight is 221 g/mol. The molecule has 1 nitrogen and oxygen atoms in total. The lowest BCUT2D eigenvalue weighted by Gasteiger charge is -2.05. The predicted octanol–water partition coefficient (Wildman–Crippen LogP) is 4.22. The van der Waals surface area contributed by atoms with Crippen LogP contribution < -0.4 is 0 Å². The van der Waals surface area contributed by atoms with Crippen molar-refractivity contribution in [2.75, 3.05) is 0 Å². The molecule has 0 saturated carbocycles. The van der Waals surface area contributed by atoms with Crippen molar-refractivity contribution < 1.29 is 0 Å². The van der Waals surface area contributed by atoms with Gasteiger partial charge in [0.1, 0.15) is 0 Å². The monoisotopic (exact) mass is 221 g/mol. The van der Waals surface area contributed by atoms with E-state index in [1.54, 1.807) is 0 Å². The van der Waals surface area contributed by atoms with E-state index in [4.69, 9.17) is 0 Å². The molecule has 0 bridgehead atoms. The van der Waals surface area contributed by atoms with Gasteiger partial charge in [0.25, 0.3) is 0 Å². The highest BCUT2D eigenvalue weighted by atomic mass is 14.9. The van der Waals surface area contributed by atoms with Gasteiger partial charge in [-0.25, -0.2) is 0 Å². The van der Waals surface area contributed by atoms with Crippen molar-refractivity contribution in [3.05, 3.63) is 66.0 Å². The fourth-order valence-electron chi connectivity index (χ4n) is 2.24. The van der Waals surface area contributed by atoms with Gasteiger partial charge in [-0.2, -0.15) is 0 Å². The number of hydrogen-bond acceptors (Lipinski definition) is 0. The molecular weight excluding hydrogens is 206 g/mol. The molecule has 84 valence electrons. The smallest absolute Gasteiger partial charge is 0.0453 e. The van der Waals surface area contributed by atoms with E-state index in [2.05, 4.69) is 73.0 Å². The van der Waals surface area contributed by atoms with Crippen molar-refractivity contribution in [3.63, 3.8) is 0 Å². The van der Waals surface area contributed by atoms with Crippen molar-refractivity contribution >= 4 is 5.52 Å². The van der Waals surface area contributed by atoms with Crippen LogP contribution in [0.2, 0.25) is 0 Å². The normalized spacial score (nSPS) is 10.9. The van der Waals surface area contributed by atoms with E-state index in [-0.39, 0.29) is 0 Å². The second-order valence-electron chi connectivity index (χ2n) is 4.56. The molecule has 2 heterocycles. The van der Waals surface area contributed by atoms with Gasteiger partial charge in [0, 0.05) is 17.4 Å². The Hall–Kier alpha value is -2.02. The standard InChI is InChI=1S/C16H15N/c1-12-4-3-5-14(10-12)15-7-9-16-8-6-13(2)17(16)11-15/h3-11H,1-2H3. The summed E-state index contributed by atoms with van der Waals surface area (Å²) in [5.74, 6) is 0. The summed E-state index contributed by atoms with van der Waals surface area (Å²) in [5, 5.41) is 0. The van der Waals surface area contributed by atoms with Crippen LogP contribution in [0.3, 0.4) is 0 Å². The third-order valence-electron chi connectivity index (χ3n) is 3.21. The highest BCUT2D eigenvalue weighted by Gasteiger charge is 2.01. The average Bonchev–Trinajstić information content (AvgIpc) is 2.71. The number of fused-ring (bicyclic) bond motifs is 1. The molecule has 3 aromatic rings. The number of hydrogen-bond donors (Lipinski definition) is 0. The van der Waals surface area contributed by atoms with Crippen molar-refractivity contribution in [2.45, 2.75) is 13.8 Å². The number of benzene rings is 1. The van der Waals surface area contributed by atoms with Crippen molar-refractivity contribution in [2.24, 2.45) is 0 Å². The van der Waals surface area contributed by atoms with Crippen molar-refractivity contribution in [1.82, 2.24) is 4.40 Å². The van der Waals surface area contributed by atoms with Gasteiger partial charge in [0.15, 0.2) is 0 Å². The molecule has 0 saturated heterocycles. The molecule has 1 aromatic carbocycles. The van der Waals surface area contributed by atoms with Crippen LogP contribution in [0, 0.1) is 13.8 Å². The van der Waals surface area contributed by atoms with Gasteiger partial charge in [-0.05, 0) is 43.2 Å². The summed E-state index contributed by atoms with van der Waals surface area (Å²) >= 11 is 0. The third kappa shape index (κ3) is 1.74. The molecule has 17 heavy (non-hydrogen) atoms. The molecule has 0 aliphatic carbocycles. The Kier molecular flexibility index (Phi) is 2.25. The summed E-state index contributed by atoms with van der Waals surface area (Å²) in [6.07, 6.45) is 2.21. The van der Waals surface area contributed by atoms with Crippen LogP contribution in [0.5, 0.6) is 0 Å². The first-order valence-electron chi connectivity index (χ1n) is 5.89. The molecule has 2 aromatic heterocycles. The molecule has 1 heteroatoms. The van der Waals surface area contributed by atoms with E-state index in [0.717, 1.165) is 0 Å². The molecule has 0 atom stereocenters. The van der Waals surface area contributed by atoms with E-state index in [9.17, 15) is 0 Å². The lowest BCUT2D eigenvalue weighted by atomic mass is 10.1. The maximum atomic E-state index is 2.23. The molecule has 0 unspecified atom stereocenters. The molecule has 0 radical (unpaired) electrons. The molecular formula is C16H15N. The van der Waals surface area contributed by atoms with Crippen molar-refractivity contribution in [3.8, 4) is 11.1 Å². The molecule has 0 fully saturated rings. The van der Waals surface area contributed by atoms with Gasteiger partial charge in [-0.1, -0.05) is 35.9 Å². The van der Waals surface area contributed by atoms with Gasteiger partial charge in [0.2, 0.25) is 0 Å². The quantitative estimate of drug-likeness (QED) is 0.579. The van der Waals surface area contributed by atoms with Crippen LogP contribution in [0.1, 0.15) is 11.3 Å². The molecule has 0 spiro atoms. The van der Waals surface area contributed by atoms with Gasteiger partial charge in [-0.15, -0.1) is 0 Å². The third-order valence-corrected chi connectivity index (χ3v) is 3.21. The highest BCUT2D eigenvalue weighted by Crippen LogP contribution is 2.22. The molecule has 0 amide bonds. The van der Waals surface area contributed by atoms with Crippen LogP contribution >= 0.6 is 0 Å². The minimum Gasteiger partial charge on any atom is -0.321 e. The number of rotatable bonds is 1. The second-order valence-corrected chi connectivity index (χ2v) is 4.56. The number of nitrogens with zero attached hydrogens (tertiary/aromatic N) is 1. The lowest BCUT2D eigenvalue weighted by Crippen LogP contribution is -1.88. The number of aryl methyl sites for hydroxylation is 2. The Balaban J connectivity index is 2.20. The van der Waals surface area contributed by atoms with Gasteiger partial charge < -0.3 is 4.40 Å². The SMILES string of the molecule is Cc1cccc(-c2ccc3ccc(C)n3c2)c1. The van der Waals surface area contributed by atoms with Crippen LogP contribution in [-0.2, 0) is 0 Å².